The van der Waals surface area contributed by atoms with Crippen LogP contribution < -0.4 is 5.32 Å². The summed E-state index contributed by atoms with van der Waals surface area (Å²) < 4.78 is 17.6. The molecule has 1 saturated heterocycles. The Kier molecular flexibility index (Phi) is 5.62. The zero-order chi connectivity index (χ0) is 22.2. The van der Waals surface area contributed by atoms with Crippen LogP contribution in [0.2, 0.25) is 0 Å². The lowest BCUT2D eigenvalue weighted by Gasteiger charge is -2.14. The first-order valence-electron chi connectivity index (χ1n) is 8.93. The van der Waals surface area contributed by atoms with Crippen molar-refractivity contribution in [1.29, 1.82) is 0 Å². The molecule has 4 rings (SSSR count). The lowest BCUT2D eigenvalue weighted by atomic mass is 10.1. The Labute approximate surface area is 174 Å². The Balaban J connectivity index is 1.61. The topological polar surface area (TPSA) is 193 Å². The molecule has 0 radical (unpaired) electrons. The number of aliphatic hydroxyl groups excluding tert-OH is 2. The highest BCUT2D eigenvalue weighted by molar-refractivity contribution is 7.55. The molecule has 0 saturated carbocycles. The van der Waals surface area contributed by atoms with Crippen molar-refractivity contribution in [2.45, 2.75) is 24.5 Å². The molecule has 0 unspecified atom stereocenters. The normalized spacial score (nSPS) is 24.1. The number of amides is 1. The molecule has 3 aromatic rings. The molecule has 14 heteroatoms. The number of anilines is 1. The van der Waals surface area contributed by atoms with Gasteiger partial charge in [-0.25, -0.2) is 9.97 Å². The van der Waals surface area contributed by atoms with Gasteiger partial charge in [0.05, 0.1) is 0 Å². The van der Waals surface area contributed by atoms with Crippen molar-refractivity contribution in [3.63, 3.8) is 0 Å². The van der Waals surface area contributed by atoms with E-state index in [2.05, 4.69) is 25.6 Å². The van der Waals surface area contributed by atoms with Crippen molar-refractivity contribution in [3.8, 4) is 0 Å². The quantitative estimate of drug-likeness (QED) is 0.324. The molecule has 13 nitrogen and oxygen atoms in total. The number of nitrogens with one attached hydrogen (secondary N) is 1. The van der Waals surface area contributed by atoms with Crippen molar-refractivity contribution in [1.82, 2.24) is 25.0 Å². The summed E-state index contributed by atoms with van der Waals surface area (Å²) in [5.41, 5.74) is 0.625. The van der Waals surface area contributed by atoms with Crippen LogP contribution in [0.4, 0.5) is 5.82 Å². The van der Waals surface area contributed by atoms with E-state index in [1.807, 2.05) is 0 Å². The number of ether oxygens (including phenoxy) is 1. The summed E-state index contributed by atoms with van der Waals surface area (Å²) >= 11 is 0. The number of carbonyl (C=O) groups is 1. The molecule has 1 fully saturated rings. The predicted molar refractivity (Wildman–Crippen MR) is 105 cm³/mol. The number of benzene rings is 1. The fraction of sp³-hybridized carbons (Fsp3) is 0.235. The van der Waals surface area contributed by atoms with Crippen LogP contribution in [-0.2, 0) is 9.30 Å². The van der Waals surface area contributed by atoms with E-state index in [9.17, 15) is 19.6 Å². The smallest absolute Gasteiger partial charge is 0.348 e. The minimum absolute atomic E-state index is 0.0797. The Morgan fingerprint density at radius 2 is 1.90 bits per heavy atom. The van der Waals surface area contributed by atoms with Crippen LogP contribution >= 0.6 is 7.60 Å². The maximum Gasteiger partial charge on any atom is 0.348 e. The molecule has 1 amide bonds. The van der Waals surface area contributed by atoms with E-state index in [0.29, 0.717) is 11.4 Å². The van der Waals surface area contributed by atoms with E-state index >= 15 is 0 Å². The minimum atomic E-state index is -4.48. The molecular formula is C17H17N6O7P. The van der Waals surface area contributed by atoms with E-state index < -0.39 is 38.0 Å². The number of carbonyl (C=O) groups excluding carboxylic acids is 1. The number of nitrogens with zero attached hydrogens (tertiary/aromatic N) is 5. The largest absolute Gasteiger partial charge is 0.387 e. The van der Waals surface area contributed by atoms with Crippen molar-refractivity contribution in [2.24, 2.45) is 0 Å². The SMILES string of the molecule is O=C(Nc1ncnc2c1nnn2[C@@H]1O[C@H](C=CP(=O)(O)O)[C@@H](O)[C@H]1O)c1ccccc1. The average Bonchev–Trinajstić information content (AvgIpc) is 3.29. The fourth-order valence-corrected chi connectivity index (χ4v) is 3.43. The summed E-state index contributed by atoms with van der Waals surface area (Å²) in [6.07, 6.45) is -3.30. The van der Waals surface area contributed by atoms with E-state index in [4.69, 9.17) is 14.5 Å². The number of aromatic nitrogens is 5. The monoisotopic (exact) mass is 448 g/mol. The lowest BCUT2D eigenvalue weighted by molar-refractivity contribution is -0.0329. The van der Waals surface area contributed by atoms with Gasteiger partial charge in [0.2, 0.25) is 0 Å². The van der Waals surface area contributed by atoms with Crippen LogP contribution in [0.1, 0.15) is 16.6 Å². The molecule has 0 spiro atoms. The van der Waals surface area contributed by atoms with Gasteiger partial charge in [0.15, 0.2) is 23.2 Å². The molecule has 0 aliphatic carbocycles. The highest BCUT2D eigenvalue weighted by Gasteiger charge is 2.44. The number of fused-ring (bicyclic) bond motifs is 1. The summed E-state index contributed by atoms with van der Waals surface area (Å²) in [7, 11) is -4.48. The molecule has 5 N–H and O–H groups in total. The van der Waals surface area contributed by atoms with Crippen molar-refractivity contribution < 1.29 is 34.1 Å². The van der Waals surface area contributed by atoms with Gasteiger partial charge in [-0.1, -0.05) is 23.4 Å². The van der Waals surface area contributed by atoms with Crippen LogP contribution in [0.5, 0.6) is 0 Å². The Morgan fingerprint density at radius 1 is 1.16 bits per heavy atom. The molecule has 1 aliphatic rings. The fourth-order valence-electron chi connectivity index (χ4n) is 3.04. The Hall–Kier alpha value is -3.06. The van der Waals surface area contributed by atoms with Gasteiger partial charge in [0, 0.05) is 11.4 Å². The summed E-state index contributed by atoms with van der Waals surface area (Å²) in [4.78, 5) is 38.4. The second-order valence-electron chi connectivity index (χ2n) is 6.65. The van der Waals surface area contributed by atoms with Gasteiger partial charge in [-0.15, -0.1) is 5.10 Å². The van der Waals surface area contributed by atoms with Gasteiger partial charge in [-0.05, 0) is 18.2 Å². The van der Waals surface area contributed by atoms with Crippen LogP contribution in [0, 0.1) is 0 Å². The third-order valence-electron chi connectivity index (χ3n) is 4.52. The molecular weight excluding hydrogens is 431 g/mol. The van der Waals surface area contributed by atoms with Crippen LogP contribution in [0.3, 0.4) is 0 Å². The predicted octanol–water partition coefficient (Wildman–Crippen LogP) is -0.216. The Bertz CT molecular complexity index is 1180. The van der Waals surface area contributed by atoms with E-state index in [1.165, 1.54) is 0 Å². The van der Waals surface area contributed by atoms with Crippen molar-refractivity contribution >= 4 is 30.5 Å². The molecule has 3 heterocycles. The maximum absolute atomic E-state index is 12.4. The summed E-state index contributed by atoms with van der Waals surface area (Å²) in [6.45, 7) is 0. The molecule has 1 aliphatic heterocycles. The molecule has 31 heavy (non-hydrogen) atoms. The van der Waals surface area contributed by atoms with Crippen LogP contribution in [0.15, 0.2) is 48.6 Å². The summed E-state index contributed by atoms with van der Waals surface area (Å²) in [5, 5.41) is 30.9. The second-order valence-corrected chi connectivity index (χ2v) is 8.13. The zero-order valence-corrected chi connectivity index (χ0v) is 16.5. The van der Waals surface area contributed by atoms with Gasteiger partial charge in [-0.2, -0.15) is 4.68 Å². The van der Waals surface area contributed by atoms with E-state index in [0.717, 1.165) is 17.1 Å². The van der Waals surface area contributed by atoms with E-state index in [-0.39, 0.29) is 17.0 Å². The first kappa shape index (κ1) is 21.2. The maximum atomic E-state index is 12.4. The standard InChI is InChI=1S/C17H17N6O7P/c24-12-10(6-7-31(27,28)29)30-17(13(12)25)23-15-11(21-22-23)14(18-8-19-15)20-16(26)9-4-2-1-3-5-9/h1-8,10,12-13,17,24-25H,(H2,27,28,29)(H,18,19,20,26)/t10-,12-,13-,17-/m1/s1. The Morgan fingerprint density at radius 3 is 2.61 bits per heavy atom. The van der Waals surface area contributed by atoms with Gasteiger partial charge >= 0.3 is 7.60 Å². The summed E-state index contributed by atoms with van der Waals surface area (Å²) in [5.74, 6) is 0.232. The molecule has 162 valence electrons. The lowest BCUT2D eigenvalue weighted by Crippen LogP contribution is -2.31. The summed E-state index contributed by atoms with van der Waals surface area (Å²) in [6, 6.07) is 8.44. The third kappa shape index (κ3) is 4.37. The number of hydrogen-bond acceptors (Lipinski definition) is 9. The van der Waals surface area contributed by atoms with Crippen LogP contribution in [-0.4, -0.2) is 69.2 Å². The van der Waals surface area contributed by atoms with E-state index in [1.54, 1.807) is 30.3 Å². The third-order valence-corrected chi connectivity index (χ3v) is 5.08. The first-order valence-corrected chi connectivity index (χ1v) is 10.6. The second kappa shape index (κ2) is 8.23. The minimum Gasteiger partial charge on any atom is -0.387 e. The highest BCUT2D eigenvalue weighted by atomic mass is 31.2. The van der Waals surface area contributed by atoms with Gasteiger partial charge in [0.25, 0.3) is 5.91 Å². The van der Waals surface area contributed by atoms with Crippen molar-refractivity contribution in [3.05, 3.63) is 54.1 Å². The number of aliphatic hydroxyl groups is 2. The molecule has 0 bridgehead atoms. The number of hydrogen-bond donors (Lipinski definition) is 5. The number of rotatable bonds is 5. The highest BCUT2D eigenvalue weighted by Crippen LogP contribution is 2.38. The molecule has 4 atom stereocenters. The average molecular weight is 448 g/mol. The molecule has 1 aromatic carbocycles. The van der Waals surface area contributed by atoms with Gasteiger partial charge < -0.3 is 30.1 Å². The van der Waals surface area contributed by atoms with Crippen LogP contribution in [0.25, 0.3) is 11.2 Å². The van der Waals surface area contributed by atoms with Gasteiger partial charge in [0.1, 0.15) is 24.6 Å². The first-order chi connectivity index (χ1) is 14.7. The van der Waals surface area contributed by atoms with Gasteiger partial charge in [-0.3, -0.25) is 9.36 Å². The van der Waals surface area contributed by atoms with Crippen molar-refractivity contribution in [2.75, 3.05) is 5.32 Å². The molecule has 2 aromatic heterocycles. The zero-order valence-electron chi connectivity index (χ0n) is 15.6.